The first-order chi connectivity index (χ1) is 13.8. The summed E-state index contributed by atoms with van der Waals surface area (Å²) in [5, 5.41) is 29.2. The Morgan fingerprint density at radius 2 is 1.00 bits per heavy atom. The second kappa shape index (κ2) is 17.2. The molecule has 7 nitrogen and oxygen atoms in total. The van der Waals surface area contributed by atoms with E-state index >= 15 is 0 Å². The quantitative estimate of drug-likeness (QED) is 0.131. The Labute approximate surface area is 175 Å². The number of unbranched alkanes of at least 4 members (excludes halogenated alkanes) is 14. The van der Waals surface area contributed by atoms with E-state index in [1.807, 2.05) is 0 Å². The maximum atomic E-state index is 11.4. The van der Waals surface area contributed by atoms with E-state index in [4.69, 9.17) is 10.2 Å². The molecule has 0 aromatic rings. The third kappa shape index (κ3) is 14.9. The molecule has 2 N–H and O–H groups in total. The molecule has 0 unspecified atom stereocenters. The topological polar surface area (TPSA) is 118 Å². The van der Waals surface area contributed by atoms with Gasteiger partial charge in [0.1, 0.15) is 12.8 Å². The minimum Gasteiger partial charge on any atom is -0.481 e. The number of carbonyl (C=O) groups is 2. The van der Waals surface area contributed by atoms with E-state index in [0.29, 0.717) is 6.42 Å². The molecule has 170 valence electrons. The van der Waals surface area contributed by atoms with Crippen molar-refractivity contribution in [1.82, 2.24) is 0 Å². The van der Waals surface area contributed by atoms with Gasteiger partial charge in [0.15, 0.2) is 0 Å². The third-order valence-corrected chi connectivity index (χ3v) is 5.59. The van der Waals surface area contributed by atoms with Gasteiger partial charge in [0.25, 0.3) is 0 Å². The molecule has 0 radical (unpaired) electrons. The van der Waals surface area contributed by atoms with Crippen LogP contribution in [-0.2, 0) is 9.59 Å². The summed E-state index contributed by atoms with van der Waals surface area (Å²) in [6, 6.07) is 0. The Bertz CT molecular complexity index is 450. The van der Waals surface area contributed by atoms with E-state index in [1.54, 1.807) is 0 Å². The maximum Gasteiger partial charge on any atom is 0.310 e. The minimum atomic E-state index is -1.89. The molecule has 29 heavy (non-hydrogen) atoms. The first-order valence-electron chi connectivity index (χ1n) is 11.4. The van der Waals surface area contributed by atoms with E-state index in [-0.39, 0.29) is 6.42 Å². The van der Waals surface area contributed by atoms with Crippen LogP contribution in [0.1, 0.15) is 122 Å². The van der Waals surface area contributed by atoms with Crippen molar-refractivity contribution in [2.24, 2.45) is 0 Å². The van der Waals surface area contributed by atoms with Gasteiger partial charge in [0.05, 0.1) is 0 Å². The van der Waals surface area contributed by atoms with Crippen molar-refractivity contribution < 1.29 is 24.7 Å². The summed E-state index contributed by atoms with van der Waals surface area (Å²) >= 11 is 0. The Morgan fingerprint density at radius 3 is 1.28 bits per heavy atom. The molecule has 0 aliphatic carbocycles. The van der Waals surface area contributed by atoms with Crippen LogP contribution < -0.4 is 0 Å². The number of hydrogen-bond donors (Lipinski definition) is 2. The second-order valence-electron chi connectivity index (χ2n) is 8.32. The van der Waals surface area contributed by atoms with Crippen molar-refractivity contribution in [3.63, 3.8) is 0 Å². The number of carboxylic acids is 2. The normalized spacial score (nSPS) is 11.5. The third-order valence-electron chi connectivity index (χ3n) is 5.59. The van der Waals surface area contributed by atoms with E-state index < -0.39 is 35.2 Å². The lowest BCUT2D eigenvalue weighted by molar-refractivity contribution is -0.570. The van der Waals surface area contributed by atoms with E-state index in [1.165, 1.54) is 64.2 Å². The highest BCUT2D eigenvalue weighted by atomic mass is 16.6. The van der Waals surface area contributed by atoms with Crippen molar-refractivity contribution in [2.75, 3.05) is 0 Å². The highest BCUT2D eigenvalue weighted by molar-refractivity contribution is 5.72. The number of aliphatic carboxylic acids is 2. The van der Waals surface area contributed by atoms with Gasteiger partial charge in [0.2, 0.25) is 5.54 Å². The summed E-state index contributed by atoms with van der Waals surface area (Å²) < 4.78 is 0. The lowest BCUT2D eigenvalue weighted by atomic mass is 9.86. The zero-order chi connectivity index (χ0) is 22.0. The molecule has 0 rings (SSSR count). The molecule has 0 aromatic carbocycles. The van der Waals surface area contributed by atoms with Gasteiger partial charge in [-0.05, 0) is 6.42 Å². The highest BCUT2D eigenvalue weighted by Gasteiger charge is 2.46. The second-order valence-corrected chi connectivity index (χ2v) is 8.32. The van der Waals surface area contributed by atoms with Crippen molar-refractivity contribution in [1.29, 1.82) is 0 Å². The molecular formula is C22H41NO6. The first kappa shape index (κ1) is 27.3. The molecule has 0 aliphatic heterocycles. The van der Waals surface area contributed by atoms with Crippen LogP contribution in [0.25, 0.3) is 0 Å². The lowest BCUT2D eigenvalue weighted by Crippen LogP contribution is -2.42. The number of nitro groups is 1. The molecule has 0 bridgehead atoms. The molecule has 0 amide bonds. The number of rotatable bonds is 21. The van der Waals surface area contributed by atoms with Crippen molar-refractivity contribution in [3.8, 4) is 0 Å². The van der Waals surface area contributed by atoms with Crippen molar-refractivity contribution >= 4 is 11.9 Å². The molecule has 0 heterocycles. The Kier molecular flexibility index (Phi) is 16.2. The Balaban J connectivity index is 3.78. The predicted molar refractivity (Wildman–Crippen MR) is 114 cm³/mol. The van der Waals surface area contributed by atoms with E-state index in [0.717, 1.165) is 25.7 Å². The van der Waals surface area contributed by atoms with Gasteiger partial charge in [-0.1, -0.05) is 96.8 Å². The Hall–Kier alpha value is -1.66. The largest absolute Gasteiger partial charge is 0.481 e. The number of hydrogen-bond acceptors (Lipinski definition) is 4. The molecule has 0 saturated heterocycles. The highest BCUT2D eigenvalue weighted by Crippen LogP contribution is 2.28. The van der Waals surface area contributed by atoms with Crippen LogP contribution in [0.2, 0.25) is 0 Å². The fourth-order valence-corrected chi connectivity index (χ4v) is 3.85. The van der Waals surface area contributed by atoms with Gasteiger partial charge < -0.3 is 10.2 Å². The van der Waals surface area contributed by atoms with Crippen molar-refractivity contribution in [3.05, 3.63) is 10.1 Å². The molecule has 0 aromatic heterocycles. The minimum absolute atomic E-state index is 0.00312. The zero-order valence-electron chi connectivity index (χ0n) is 18.2. The van der Waals surface area contributed by atoms with Crippen LogP contribution in [0, 0.1) is 10.1 Å². The fourth-order valence-electron chi connectivity index (χ4n) is 3.85. The van der Waals surface area contributed by atoms with Crippen LogP contribution in [0.3, 0.4) is 0 Å². The van der Waals surface area contributed by atoms with Crippen LogP contribution in [0.5, 0.6) is 0 Å². The molecular weight excluding hydrogens is 374 g/mol. The van der Waals surface area contributed by atoms with Gasteiger partial charge in [-0.3, -0.25) is 19.7 Å². The predicted octanol–water partition coefficient (Wildman–Crippen LogP) is 6.21. The van der Waals surface area contributed by atoms with Gasteiger partial charge in [-0.2, -0.15) is 0 Å². The number of carboxylic acid groups (broad SMARTS) is 2. The van der Waals surface area contributed by atoms with E-state index in [2.05, 4.69) is 6.92 Å². The standard InChI is InChI=1S/C22H41NO6/c1-2-3-4-5-6-7-8-9-10-11-12-13-14-15-16-17-22(23(28)29,18-20(24)25)19-21(26)27/h2-19H2,1H3,(H,24,25)(H,26,27). The maximum absolute atomic E-state index is 11.4. The summed E-state index contributed by atoms with van der Waals surface area (Å²) in [6.07, 6.45) is 16.1. The average molecular weight is 416 g/mol. The molecule has 0 saturated carbocycles. The summed E-state index contributed by atoms with van der Waals surface area (Å²) in [5.41, 5.74) is -1.89. The zero-order valence-corrected chi connectivity index (χ0v) is 18.2. The van der Waals surface area contributed by atoms with E-state index in [9.17, 15) is 19.7 Å². The summed E-state index contributed by atoms with van der Waals surface area (Å²) in [7, 11) is 0. The molecule has 0 spiro atoms. The average Bonchev–Trinajstić information content (AvgIpc) is 2.63. The van der Waals surface area contributed by atoms with Gasteiger partial charge in [-0.15, -0.1) is 0 Å². The SMILES string of the molecule is CCCCCCCCCCCCCCCCCC(CC(=O)O)(CC(=O)O)[N+](=O)[O-]. The van der Waals surface area contributed by atoms with Gasteiger partial charge >= 0.3 is 11.9 Å². The van der Waals surface area contributed by atoms with Crippen LogP contribution in [0.15, 0.2) is 0 Å². The van der Waals surface area contributed by atoms with Crippen LogP contribution >= 0.6 is 0 Å². The smallest absolute Gasteiger partial charge is 0.310 e. The first-order valence-corrected chi connectivity index (χ1v) is 11.4. The molecule has 0 aliphatic rings. The number of nitrogens with zero attached hydrogens (tertiary/aromatic N) is 1. The summed E-state index contributed by atoms with van der Waals surface area (Å²) in [5.74, 6) is -2.66. The van der Waals surface area contributed by atoms with Crippen LogP contribution in [-0.4, -0.2) is 32.6 Å². The van der Waals surface area contributed by atoms with Crippen molar-refractivity contribution in [2.45, 2.75) is 128 Å². The lowest BCUT2D eigenvalue weighted by Gasteiger charge is -2.22. The molecule has 7 heteroatoms. The van der Waals surface area contributed by atoms with Gasteiger partial charge in [-0.25, -0.2) is 0 Å². The monoisotopic (exact) mass is 415 g/mol. The molecule has 0 fully saturated rings. The summed E-state index contributed by atoms with van der Waals surface area (Å²) in [4.78, 5) is 32.6. The molecule has 0 atom stereocenters. The van der Waals surface area contributed by atoms with Gasteiger partial charge in [0, 0.05) is 11.3 Å². The fraction of sp³-hybridized carbons (Fsp3) is 0.909. The Morgan fingerprint density at radius 1 is 0.690 bits per heavy atom. The summed E-state index contributed by atoms with van der Waals surface area (Å²) in [6.45, 7) is 2.23. The van der Waals surface area contributed by atoms with Crippen LogP contribution in [0.4, 0.5) is 0 Å².